The molecule has 0 radical (unpaired) electrons. The first-order chi connectivity index (χ1) is 13.7. The summed E-state index contributed by atoms with van der Waals surface area (Å²) in [4.78, 5) is 22.4. The van der Waals surface area contributed by atoms with Crippen molar-refractivity contribution >= 4 is 11.8 Å². The van der Waals surface area contributed by atoms with Crippen molar-refractivity contribution < 1.29 is 19.2 Å². The lowest BCUT2D eigenvalue weighted by molar-refractivity contribution is -0.141. The minimum Gasteiger partial charge on any atom is -0.497 e. The van der Waals surface area contributed by atoms with E-state index in [1.807, 2.05) is 35.2 Å². The van der Waals surface area contributed by atoms with Crippen LogP contribution in [0.15, 0.2) is 47.1 Å². The molecule has 0 bridgehead atoms. The van der Waals surface area contributed by atoms with Gasteiger partial charge in [-0.1, -0.05) is 5.16 Å². The van der Waals surface area contributed by atoms with E-state index in [1.54, 1.807) is 19.4 Å². The fraction of sp³-hybridized carbons (Fsp3) is 0.300. The van der Waals surface area contributed by atoms with E-state index in [9.17, 15) is 9.90 Å². The quantitative estimate of drug-likeness (QED) is 0.720. The summed E-state index contributed by atoms with van der Waals surface area (Å²) >= 11 is 0. The standard InChI is InChI=1S/C20H20N4O4/c1-27-15-8-6-13(7-9-15)17-22-19(28-23-17)16-5-2-10-21-18(16)24-11-3-4-14(12-24)20(25)26/h2,5-10,14H,3-4,11-12H2,1H3,(H,25,26). The minimum absolute atomic E-state index is 0.353. The van der Waals surface area contributed by atoms with Crippen molar-refractivity contribution in [2.75, 3.05) is 25.1 Å². The molecule has 28 heavy (non-hydrogen) atoms. The minimum atomic E-state index is -0.776. The number of ether oxygens (including phenoxy) is 1. The summed E-state index contributed by atoms with van der Waals surface area (Å²) in [7, 11) is 1.61. The monoisotopic (exact) mass is 380 g/mol. The number of piperidine rings is 1. The van der Waals surface area contributed by atoms with Crippen molar-refractivity contribution in [1.82, 2.24) is 15.1 Å². The van der Waals surface area contributed by atoms with Gasteiger partial charge in [-0.25, -0.2) is 4.98 Å². The molecule has 1 aromatic carbocycles. The fourth-order valence-electron chi connectivity index (χ4n) is 3.38. The number of methoxy groups -OCH3 is 1. The van der Waals surface area contributed by atoms with E-state index in [1.165, 1.54) is 0 Å². The number of hydrogen-bond acceptors (Lipinski definition) is 7. The van der Waals surface area contributed by atoms with Crippen LogP contribution in [-0.4, -0.2) is 46.4 Å². The zero-order valence-corrected chi connectivity index (χ0v) is 15.4. The van der Waals surface area contributed by atoms with Crippen LogP contribution in [0.25, 0.3) is 22.8 Å². The first-order valence-corrected chi connectivity index (χ1v) is 9.07. The number of carbonyl (C=O) groups is 1. The zero-order chi connectivity index (χ0) is 19.5. The van der Waals surface area contributed by atoms with E-state index in [4.69, 9.17) is 9.26 Å². The Kier molecular flexibility index (Phi) is 4.92. The number of carboxylic acids is 1. The average molecular weight is 380 g/mol. The molecular formula is C20H20N4O4. The molecule has 1 aliphatic rings. The molecule has 3 heterocycles. The number of hydrogen-bond donors (Lipinski definition) is 1. The number of aromatic nitrogens is 3. The van der Waals surface area contributed by atoms with Gasteiger partial charge in [-0.3, -0.25) is 4.79 Å². The van der Waals surface area contributed by atoms with E-state index in [0.717, 1.165) is 24.3 Å². The summed E-state index contributed by atoms with van der Waals surface area (Å²) in [5.74, 6) is 1.06. The molecule has 0 spiro atoms. The number of anilines is 1. The average Bonchev–Trinajstić information content (AvgIpc) is 3.24. The van der Waals surface area contributed by atoms with Crippen LogP contribution in [0.1, 0.15) is 12.8 Å². The third-order valence-corrected chi connectivity index (χ3v) is 4.86. The Morgan fingerprint density at radius 2 is 2.11 bits per heavy atom. The summed E-state index contributed by atoms with van der Waals surface area (Å²) < 4.78 is 10.7. The Morgan fingerprint density at radius 1 is 1.29 bits per heavy atom. The zero-order valence-electron chi connectivity index (χ0n) is 15.4. The van der Waals surface area contributed by atoms with Crippen molar-refractivity contribution in [2.24, 2.45) is 5.92 Å². The number of nitrogens with zero attached hydrogens (tertiary/aromatic N) is 4. The van der Waals surface area contributed by atoms with Gasteiger partial charge in [0.2, 0.25) is 5.82 Å². The predicted molar refractivity (Wildman–Crippen MR) is 102 cm³/mol. The van der Waals surface area contributed by atoms with Gasteiger partial charge in [-0.2, -0.15) is 4.98 Å². The van der Waals surface area contributed by atoms with Gasteiger partial charge in [-0.05, 0) is 49.2 Å². The number of carboxylic acid groups (broad SMARTS) is 1. The molecule has 3 aromatic rings. The Bertz CT molecular complexity index is 970. The van der Waals surface area contributed by atoms with Crippen molar-refractivity contribution in [3.8, 4) is 28.6 Å². The second-order valence-corrected chi connectivity index (χ2v) is 6.65. The SMILES string of the molecule is COc1ccc(-c2noc(-c3cccnc3N3CCCC(C(=O)O)C3)n2)cc1. The molecule has 8 heteroatoms. The molecule has 1 N–H and O–H groups in total. The van der Waals surface area contributed by atoms with E-state index in [-0.39, 0.29) is 0 Å². The van der Waals surface area contributed by atoms with Gasteiger partial charge < -0.3 is 19.3 Å². The van der Waals surface area contributed by atoms with E-state index in [2.05, 4.69) is 15.1 Å². The van der Waals surface area contributed by atoms with Gasteiger partial charge in [0.25, 0.3) is 5.89 Å². The summed E-state index contributed by atoms with van der Waals surface area (Å²) in [5, 5.41) is 13.4. The topological polar surface area (TPSA) is 102 Å². The Labute approximate surface area is 161 Å². The van der Waals surface area contributed by atoms with Gasteiger partial charge in [0.1, 0.15) is 11.6 Å². The second kappa shape index (κ2) is 7.67. The molecule has 1 fully saturated rings. The Morgan fingerprint density at radius 3 is 2.86 bits per heavy atom. The smallest absolute Gasteiger partial charge is 0.308 e. The van der Waals surface area contributed by atoms with Gasteiger partial charge >= 0.3 is 5.97 Å². The van der Waals surface area contributed by atoms with Crippen LogP contribution in [0.4, 0.5) is 5.82 Å². The number of benzene rings is 1. The van der Waals surface area contributed by atoms with Crippen LogP contribution in [0.5, 0.6) is 5.75 Å². The maximum atomic E-state index is 11.4. The lowest BCUT2D eigenvalue weighted by Gasteiger charge is -2.32. The van der Waals surface area contributed by atoms with Gasteiger partial charge in [0.15, 0.2) is 0 Å². The fourth-order valence-corrected chi connectivity index (χ4v) is 3.38. The highest BCUT2D eigenvalue weighted by atomic mass is 16.5. The molecule has 8 nitrogen and oxygen atoms in total. The van der Waals surface area contributed by atoms with Gasteiger partial charge in [0.05, 0.1) is 18.6 Å². The van der Waals surface area contributed by atoms with Crippen LogP contribution in [0.3, 0.4) is 0 Å². The number of pyridine rings is 1. The molecule has 144 valence electrons. The van der Waals surface area contributed by atoms with E-state index >= 15 is 0 Å². The molecule has 1 saturated heterocycles. The summed E-state index contributed by atoms with van der Waals surface area (Å²) in [5.41, 5.74) is 1.51. The lowest BCUT2D eigenvalue weighted by atomic mass is 9.98. The highest BCUT2D eigenvalue weighted by Crippen LogP contribution is 2.32. The summed E-state index contributed by atoms with van der Waals surface area (Å²) in [6.07, 6.45) is 3.16. The maximum absolute atomic E-state index is 11.4. The van der Waals surface area contributed by atoms with Gasteiger partial charge in [0, 0.05) is 24.8 Å². The predicted octanol–water partition coefficient (Wildman–Crippen LogP) is 3.11. The van der Waals surface area contributed by atoms with Crippen molar-refractivity contribution in [3.63, 3.8) is 0 Å². The maximum Gasteiger partial charge on any atom is 0.308 e. The molecular weight excluding hydrogens is 360 g/mol. The Hall–Kier alpha value is -3.42. The van der Waals surface area contributed by atoms with Crippen LogP contribution >= 0.6 is 0 Å². The lowest BCUT2D eigenvalue weighted by Crippen LogP contribution is -2.39. The highest BCUT2D eigenvalue weighted by molar-refractivity contribution is 5.74. The van der Waals surface area contributed by atoms with Crippen molar-refractivity contribution in [1.29, 1.82) is 0 Å². The van der Waals surface area contributed by atoms with E-state index < -0.39 is 11.9 Å². The van der Waals surface area contributed by atoms with Crippen LogP contribution in [0, 0.1) is 5.92 Å². The molecule has 4 rings (SSSR count). The van der Waals surface area contributed by atoms with Crippen LogP contribution in [0.2, 0.25) is 0 Å². The van der Waals surface area contributed by atoms with Crippen LogP contribution < -0.4 is 9.64 Å². The van der Waals surface area contributed by atoms with Crippen LogP contribution in [-0.2, 0) is 4.79 Å². The normalized spacial score (nSPS) is 16.8. The highest BCUT2D eigenvalue weighted by Gasteiger charge is 2.28. The summed E-state index contributed by atoms with van der Waals surface area (Å²) in [6, 6.07) is 11.0. The second-order valence-electron chi connectivity index (χ2n) is 6.65. The molecule has 0 aliphatic carbocycles. The third kappa shape index (κ3) is 3.53. The first-order valence-electron chi connectivity index (χ1n) is 9.07. The number of aliphatic carboxylic acids is 1. The molecule has 0 amide bonds. The molecule has 2 aromatic heterocycles. The molecule has 1 aliphatic heterocycles. The first kappa shape index (κ1) is 18.0. The van der Waals surface area contributed by atoms with Gasteiger partial charge in [-0.15, -0.1) is 0 Å². The molecule has 1 unspecified atom stereocenters. The Balaban J connectivity index is 1.63. The third-order valence-electron chi connectivity index (χ3n) is 4.86. The largest absolute Gasteiger partial charge is 0.497 e. The summed E-state index contributed by atoms with van der Waals surface area (Å²) in [6.45, 7) is 1.16. The molecule has 0 saturated carbocycles. The van der Waals surface area contributed by atoms with Crippen molar-refractivity contribution in [2.45, 2.75) is 12.8 Å². The van der Waals surface area contributed by atoms with E-state index in [0.29, 0.717) is 36.1 Å². The molecule has 1 atom stereocenters. The van der Waals surface area contributed by atoms with Crippen molar-refractivity contribution in [3.05, 3.63) is 42.6 Å². The number of rotatable bonds is 5.